The molecule has 0 fully saturated rings. The maximum absolute atomic E-state index is 12.8. The monoisotopic (exact) mass is 344 g/mol. The lowest BCUT2D eigenvalue weighted by Crippen LogP contribution is -2.50. The van der Waals surface area contributed by atoms with E-state index in [2.05, 4.69) is 18.2 Å². The molecule has 131 valence electrons. The molecule has 1 aliphatic heterocycles. The van der Waals surface area contributed by atoms with Gasteiger partial charge in [-0.05, 0) is 52.0 Å². The van der Waals surface area contributed by atoms with E-state index in [4.69, 9.17) is 9.98 Å². The van der Waals surface area contributed by atoms with Gasteiger partial charge in [0.2, 0.25) is 0 Å². The Morgan fingerprint density at radius 2 is 1.58 bits per heavy atom. The Bertz CT molecular complexity index is 1010. The molecule has 4 heteroatoms. The highest BCUT2D eigenvalue weighted by Crippen LogP contribution is 2.38. The summed E-state index contributed by atoms with van der Waals surface area (Å²) in [5, 5.41) is 14.8. The fourth-order valence-corrected chi connectivity index (χ4v) is 3.18. The molecule has 1 aromatic heterocycles. The Labute approximate surface area is 153 Å². The van der Waals surface area contributed by atoms with E-state index >= 15 is 0 Å². The first-order chi connectivity index (χ1) is 12.3. The summed E-state index contributed by atoms with van der Waals surface area (Å²) in [6.45, 7) is 7.87. The van der Waals surface area contributed by atoms with Gasteiger partial charge in [0.25, 0.3) is 0 Å². The fourth-order valence-electron chi connectivity index (χ4n) is 3.18. The van der Waals surface area contributed by atoms with Gasteiger partial charge >= 0.3 is 0 Å². The van der Waals surface area contributed by atoms with Gasteiger partial charge in [-0.2, -0.15) is 5.06 Å². The second-order valence-electron chi connectivity index (χ2n) is 7.82. The van der Waals surface area contributed by atoms with Crippen molar-refractivity contribution in [3.8, 4) is 11.3 Å². The number of fused-ring (bicyclic) bond motifs is 1. The van der Waals surface area contributed by atoms with Crippen molar-refractivity contribution in [1.29, 1.82) is 0 Å². The number of rotatable bonds is 2. The molecular formula is C22H22N3O. The minimum Gasteiger partial charge on any atom is -0.257 e. The molecule has 0 spiro atoms. The van der Waals surface area contributed by atoms with Gasteiger partial charge in [0.05, 0.1) is 22.3 Å². The van der Waals surface area contributed by atoms with E-state index < -0.39 is 11.1 Å². The van der Waals surface area contributed by atoms with Crippen molar-refractivity contribution < 1.29 is 5.21 Å². The Morgan fingerprint density at radius 3 is 2.23 bits per heavy atom. The number of pyridine rings is 1. The molecule has 1 aliphatic rings. The van der Waals surface area contributed by atoms with Crippen molar-refractivity contribution in [2.45, 2.75) is 38.8 Å². The number of nitrogens with zero attached hydrogens (tertiary/aromatic N) is 3. The van der Waals surface area contributed by atoms with Crippen molar-refractivity contribution in [1.82, 2.24) is 10.0 Å². The third kappa shape index (κ3) is 2.49. The van der Waals surface area contributed by atoms with Crippen LogP contribution in [0.3, 0.4) is 0 Å². The fraction of sp³-hybridized carbons (Fsp3) is 0.273. The third-order valence-electron chi connectivity index (χ3n) is 5.60. The summed E-state index contributed by atoms with van der Waals surface area (Å²) in [5.74, 6) is 0.494. The second kappa shape index (κ2) is 5.64. The molecule has 0 saturated carbocycles. The zero-order chi connectivity index (χ0) is 18.5. The van der Waals surface area contributed by atoms with E-state index in [0.717, 1.165) is 32.8 Å². The van der Waals surface area contributed by atoms with E-state index in [1.165, 1.54) is 0 Å². The van der Waals surface area contributed by atoms with E-state index in [0.29, 0.717) is 5.84 Å². The molecule has 0 atom stereocenters. The van der Waals surface area contributed by atoms with Crippen LogP contribution < -0.4 is 0 Å². The highest BCUT2D eigenvalue weighted by atomic mass is 16.5. The molecule has 2 heterocycles. The average Bonchev–Trinajstić information content (AvgIpc) is 2.81. The molecule has 0 aliphatic carbocycles. The van der Waals surface area contributed by atoms with Crippen LogP contribution in [0.15, 0.2) is 65.7 Å². The minimum absolute atomic E-state index is 0.436. The van der Waals surface area contributed by atoms with Crippen LogP contribution in [0.1, 0.15) is 33.3 Å². The van der Waals surface area contributed by atoms with Crippen molar-refractivity contribution >= 4 is 16.7 Å². The number of aromatic nitrogens is 1. The van der Waals surface area contributed by atoms with Crippen LogP contribution in [0.25, 0.3) is 22.2 Å². The van der Waals surface area contributed by atoms with Crippen LogP contribution in [0.2, 0.25) is 0 Å². The van der Waals surface area contributed by atoms with Gasteiger partial charge in [0.15, 0.2) is 5.84 Å². The Kier molecular flexibility index (Phi) is 3.63. The molecule has 0 unspecified atom stereocenters. The first-order valence-corrected chi connectivity index (χ1v) is 8.83. The lowest BCUT2D eigenvalue weighted by atomic mass is 9.84. The van der Waals surface area contributed by atoms with Crippen LogP contribution in [0, 0.1) is 0 Å². The van der Waals surface area contributed by atoms with Gasteiger partial charge in [-0.15, -0.1) is 0 Å². The Hall–Kier alpha value is -2.72. The third-order valence-corrected chi connectivity index (χ3v) is 5.60. The maximum Gasteiger partial charge on any atom is 0.159 e. The normalized spacial score (nSPS) is 18.2. The summed E-state index contributed by atoms with van der Waals surface area (Å²) >= 11 is 0. The predicted octanol–water partition coefficient (Wildman–Crippen LogP) is 4.87. The molecule has 4 rings (SSSR count). The van der Waals surface area contributed by atoms with E-state index in [1.807, 2.05) is 70.2 Å². The Balaban J connectivity index is 1.76. The standard InChI is InChI=1S/C22H22N3O/c1-21(2)22(3,4)25(26)20(24-21)17-11-13-19-16(14-17)10-12-18(23-19)15-8-6-5-7-9-15/h5-14H,1-4H3. The molecule has 1 radical (unpaired) electrons. The van der Waals surface area contributed by atoms with E-state index in [9.17, 15) is 5.21 Å². The minimum atomic E-state index is -0.577. The van der Waals surface area contributed by atoms with E-state index in [1.54, 1.807) is 0 Å². The molecule has 0 N–H and O–H groups in total. The van der Waals surface area contributed by atoms with Crippen molar-refractivity contribution in [2.24, 2.45) is 4.99 Å². The summed E-state index contributed by atoms with van der Waals surface area (Å²) in [6.07, 6.45) is 0. The highest BCUT2D eigenvalue weighted by molar-refractivity contribution is 6.03. The van der Waals surface area contributed by atoms with Gasteiger partial charge in [0, 0.05) is 16.5 Å². The average molecular weight is 344 g/mol. The summed E-state index contributed by atoms with van der Waals surface area (Å²) in [7, 11) is 0. The van der Waals surface area contributed by atoms with Gasteiger partial charge in [-0.3, -0.25) is 4.99 Å². The molecule has 0 amide bonds. The zero-order valence-electron chi connectivity index (χ0n) is 15.5. The summed E-state index contributed by atoms with van der Waals surface area (Å²) in [4.78, 5) is 9.46. The van der Waals surface area contributed by atoms with Crippen LogP contribution in [-0.2, 0) is 5.21 Å². The quantitative estimate of drug-likeness (QED) is 0.666. The number of aliphatic imine (C=N–C) groups is 1. The predicted molar refractivity (Wildman–Crippen MR) is 104 cm³/mol. The van der Waals surface area contributed by atoms with Gasteiger partial charge in [-0.25, -0.2) is 4.98 Å². The van der Waals surface area contributed by atoms with Crippen LogP contribution >= 0.6 is 0 Å². The molecule has 4 nitrogen and oxygen atoms in total. The Morgan fingerprint density at radius 1 is 0.846 bits per heavy atom. The number of hydrogen-bond acceptors (Lipinski definition) is 3. The summed E-state index contributed by atoms with van der Waals surface area (Å²) in [5.41, 5.74) is 2.76. The zero-order valence-corrected chi connectivity index (χ0v) is 15.5. The SMILES string of the molecule is CC1(C)N=C(c2ccc3nc(-c4ccccc4)ccc3c2)N([O])C1(C)C. The van der Waals surface area contributed by atoms with Gasteiger partial charge in [0.1, 0.15) is 0 Å². The van der Waals surface area contributed by atoms with Crippen molar-refractivity contribution in [2.75, 3.05) is 0 Å². The maximum atomic E-state index is 12.8. The number of benzene rings is 2. The molecule has 0 bridgehead atoms. The largest absolute Gasteiger partial charge is 0.257 e. The summed E-state index contributed by atoms with van der Waals surface area (Å²) < 4.78 is 0. The first kappa shape index (κ1) is 16.7. The van der Waals surface area contributed by atoms with Crippen LogP contribution in [0.5, 0.6) is 0 Å². The molecule has 2 aromatic carbocycles. The first-order valence-electron chi connectivity index (χ1n) is 8.83. The van der Waals surface area contributed by atoms with Crippen molar-refractivity contribution in [3.63, 3.8) is 0 Å². The number of hydroxylamine groups is 2. The lowest BCUT2D eigenvalue weighted by molar-refractivity contribution is -0.158. The lowest BCUT2D eigenvalue weighted by Gasteiger charge is -2.35. The van der Waals surface area contributed by atoms with Crippen molar-refractivity contribution in [3.05, 3.63) is 66.2 Å². The van der Waals surface area contributed by atoms with Crippen LogP contribution in [-0.4, -0.2) is 27.0 Å². The molecule has 0 saturated heterocycles. The second-order valence-corrected chi connectivity index (χ2v) is 7.82. The number of amidine groups is 1. The molecule has 3 aromatic rings. The van der Waals surface area contributed by atoms with Crippen LogP contribution in [0.4, 0.5) is 0 Å². The highest BCUT2D eigenvalue weighted by Gasteiger charge is 2.50. The number of hydrogen-bond donors (Lipinski definition) is 0. The van der Waals surface area contributed by atoms with E-state index in [-0.39, 0.29) is 0 Å². The molecule has 26 heavy (non-hydrogen) atoms. The molecular weight excluding hydrogens is 322 g/mol. The summed E-state index contributed by atoms with van der Waals surface area (Å²) in [6, 6.07) is 20.1. The topological polar surface area (TPSA) is 48.4 Å². The smallest absolute Gasteiger partial charge is 0.159 e. The van der Waals surface area contributed by atoms with Gasteiger partial charge in [-0.1, -0.05) is 41.6 Å². The van der Waals surface area contributed by atoms with Gasteiger partial charge < -0.3 is 0 Å².